The largest absolute Gasteiger partial charge is 0.251 e. The van der Waals surface area contributed by atoms with Crippen LogP contribution in [-0.2, 0) is 0 Å². The second-order valence-corrected chi connectivity index (χ2v) is 3.35. The second-order valence-electron chi connectivity index (χ2n) is 3.35. The van der Waals surface area contributed by atoms with Gasteiger partial charge in [0.15, 0.2) is 0 Å². The Morgan fingerprint density at radius 1 is 1.44 bits per heavy atom. The molecule has 0 heterocycles. The molecule has 2 aliphatic rings. The second kappa shape index (κ2) is 1.30. The van der Waals surface area contributed by atoms with Gasteiger partial charge in [-0.05, 0) is 18.3 Å². The highest BCUT2D eigenvalue weighted by molar-refractivity contribution is 5.07. The van der Waals surface area contributed by atoms with Gasteiger partial charge in [0.25, 0.3) is 5.92 Å². The van der Waals surface area contributed by atoms with Crippen LogP contribution < -0.4 is 0 Å². The van der Waals surface area contributed by atoms with Crippen LogP contribution in [0.5, 0.6) is 0 Å². The lowest BCUT2D eigenvalue weighted by Crippen LogP contribution is -2.15. The molecule has 0 spiro atoms. The van der Waals surface area contributed by atoms with Gasteiger partial charge in [-0.25, -0.2) is 8.78 Å². The molecule has 0 aromatic heterocycles. The number of alkyl halides is 2. The molecule has 0 radical (unpaired) electrons. The third-order valence-corrected chi connectivity index (χ3v) is 2.86. The van der Waals surface area contributed by atoms with Gasteiger partial charge >= 0.3 is 0 Å². The van der Waals surface area contributed by atoms with E-state index in [1.807, 2.05) is 6.92 Å². The summed E-state index contributed by atoms with van der Waals surface area (Å²) >= 11 is 0. The normalized spacial score (nSPS) is 53.0. The Morgan fingerprint density at radius 2 is 2.11 bits per heavy atom. The van der Waals surface area contributed by atoms with Crippen molar-refractivity contribution in [1.29, 1.82) is 0 Å². The Hall–Kier alpha value is -0.140. The fraction of sp³-hybridized carbons (Fsp3) is 1.00. The highest BCUT2D eigenvalue weighted by atomic mass is 19.3. The molecule has 2 rings (SSSR count). The molecule has 0 nitrogen and oxygen atoms in total. The van der Waals surface area contributed by atoms with Crippen molar-refractivity contribution in [2.24, 2.45) is 17.8 Å². The SMILES string of the molecule is CC1C2CCC(F)(F)C12. The average Bonchev–Trinajstić information content (AvgIpc) is 2.24. The summed E-state index contributed by atoms with van der Waals surface area (Å²) in [6, 6.07) is 0. The molecule has 2 aliphatic carbocycles. The van der Waals surface area contributed by atoms with Crippen LogP contribution in [0.4, 0.5) is 8.78 Å². The molecule has 0 bridgehead atoms. The zero-order valence-electron chi connectivity index (χ0n) is 5.40. The first-order valence-electron chi connectivity index (χ1n) is 3.51. The Bertz CT molecular complexity index is 142. The van der Waals surface area contributed by atoms with Gasteiger partial charge in [0, 0.05) is 12.3 Å². The number of halogens is 2. The summed E-state index contributed by atoms with van der Waals surface area (Å²) in [6.45, 7) is 1.93. The summed E-state index contributed by atoms with van der Waals surface area (Å²) in [7, 11) is 0. The van der Waals surface area contributed by atoms with Crippen molar-refractivity contribution in [2.45, 2.75) is 25.7 Å². The minimum Gasteiger partial charge on any atom is -0.207 e. The van der Waals surface area contributed by atoms with E-state index >= 15 is 0 Å². The maximum Gasteiger partial charge on any atom is 0.251 e. The summed E-state index contributed by atoms with van der Waals surface area (Å²) in [4.78, 5) is 0. The lowest BCUT2D eigenvalue weighted by Gasteiger charge is -2.10. The lowest BCUT2D eigenvalue weighted by atomic mass is 10.1. The maximum atomic E-state index is 12.6. The fourth-order valence-electron chi connectivity index (χ4n) is 2.21. The fourth-order valence-corrected chi connectivity index (χ4v) is 2.21. The summed E-state index contributed by atoms with van der Waals surface area (Å²) in [5.74, 6) is -1.85. The van der Waals surface area contributed by atoms with E-state index in [4.69, 9.17) is 0 Å². The molecule has 0 N–H and O–H groups in total. The number of hydrogen-bond acceptors (Lipinski definition) is 0. The van der Waals surface area contributed by atoms with Crippen molar-refractivity contribution >= 4 is 0 Å². The van der Waals surface area contributed by atoms with Crippen LogP contribution in [0.25, 0.3) is 0 Å². The molecule has 3 atom stereocenters. The maximum absolute atomic E-state index is 12.6. The number of rotatable bonds is 0. The van der Waals surface area contributed by atoms with Gasteiger partial charge in [-0.3, -0.25) is 0 Å². The molecule has 9 heavy (non-hydrogen) atoms. The van der Waals surface area contributed by atoms with Gasteiger partial charge in [0.1, 0.15) is 0 Å². The van der Waals surface area contributed by atoms with Crippen molar-refractivity contribution in [1.82, 2.24) is 0 Å². The molecule has 2 fully saturated rings. The first-order chi connectivity index (χ1) is 4.13. The number of hydrogen-bond donors (Lipinski definition) is 0. The predicted octanol–water partition coefficient (Wildman–Crippen LogP) is 2.30. The smallest absolute Gasteiger partial charge is 0.207 e. The van der Waals surface area contributed by atoms with E-state index in [9.17, 15) is 8.78 Å². The molecule has 2 heteroatoms. The van der Waals surface area contributed by atoms with Gasteiger partial charge in [-0.1, -0.05) is 6.92 Å². The van der Waals surface area contributed by atoms with Crippen LogP contribution in [-0.4, -0.2) is 5.92 Å². The Balaban J connectivity index is 2.16. The standard InChI is InChI=1S/C7H10F2/c1-4-5-2-3-7(8,9)6(4)5/h4-6H,2-3H2,1H3. The zero-order chi connectivity index (χ0) is 6.65. The molecule has 52 valence electrons. The van der Waals surface area contributed by atoms with Crippen LogP contribution in [0.1, 0.15) is 19.8 Å². The van der Waals surface area contributed by atoms with Crippen molar-refractivity contribution in [3.8, 4) is 0 Å². The van der Waals surface area contributed by atoms with Crippen LogP contribution in [0, 0.1) is 17.8 Å². The van der Waals surface area contributed by atoms with Gasteiger partial charge in [-0.15, -0.1) is 0 Å². The van der Waals surface area contributed by atoms with Crippen molar-refractivity contribution in [3.05, 3.63) is 0 Å². The van der Waals surface area contributed by atoms with E-state index in [2.05, 4.69) is 0 Å². The molecule has 0 aromatic carbocycles. The van der Waals surface area contributed by atoms with Gasteiger partial charge < -0.3 is 0 Å². The lowest BCUT2D eigenvalue weighted by molar-refractivity contribution is -0.0200. The summed E-state index contributed by atoms with van der Waals surface area (Å²) < 4.78 is 25.3. The average molecular weight is 132 g/mol. The van der Waals surface area contributed by atoms with Gasteiger partial charge in [0.05, 0.1) is 0 Å². The topological polar surface area (TPSA) is 0 Å². The quantitative estimate of drug-likeness (QED) is 0.474. The zero-order valence-corrected chi connectivity index (χ0v) is 5.40. The van der Waals surface area contributed by atoms with Crippen molar-refractivity contribution < 1.29 is 8.78 Å². The molecular weight excluding hydrogens is 122 g/mol. The summed E-state index contributed by atoms with van der Waals surface area (Å²) in [6.07, 6.45) is 0.908. The van der Waals surface area contributed by atoms with Gasteiger partial charge in [-0.2, -0.15) is 0 Å². The van der Waals surface area contributed by atoms with Gasteiger partial charge in [0.2, 0.25) is 0 Å². The van der Waals surface area contributed by atoms with Crippen LogP contribution >= 0.6 is 0 Å². The van der Waals surface area contributed by atoms with E-state index in [1.165, 1.54) is 0 Å². The summed E-state index contributed by atoms with van der Waals surface area (Å²) in [5, 5.41) is 0. The molecular formula is C7H10F2. The molecule has 0 saturated heterocycles. The molecule has 0 aromatic rings. The highest BCUT2D eigenvalue weighted by Crippen LogP contribution is 2.63. The monoisotopic (exact) mass is 132 g/mol. The summed E-state index contributed by atoms with van der Waals surface area (Å²) in [5.41, 5.74) is 0. The van der Waals surface area contributed by atoms with Crippen LogP contribution in [0.15, 0.2) is 0 Å². The van der Waals surface area contributed by atoms with E-state index < -0.39 is 5.92 Å². The van der Waals surface area contributed by atoms with Crippen molar-refractivity contribution in [3.63, 3.8) is 0 Å². The van der Waals surface area contributed by atoms with E-state index in [0.29, 0.717) is 11.8 Å². The van der Waals surface area contributed by atoms with E-state index in [0.717, 1.165) is 6.42 Å². The van der Waals surface area contributed by atoms with E-state index in [1.54, 1.807) is 0 Å². The minimum atomic E-state index is -2.30. The van der Waals surface area contributed by atoms with Crippen molar-refractivity contribution in [2.75, 3.05) is 0 Å². The Morgan fingerprint density at radius 3 is 2.33 bits per heavy atom. The predicted molar refractivity (Wildman–Crippen MR) is 30.3 cm³/mol. The Kier molecular flexibility index (Phi) is 0.814. The third kappa shape index (κ3) is 0.565. The minimum absolute atomic E-state index is 0.146. The molecule has 0 aliphatic heterocycles. The third-order valence-electron chi connectivity index (χ3n) is 2.86. The first kappa shape index (κ1) is 5.63. The molecule has 3 unspecified atom stereocenters. The molecule has 0 amide bonds. The first-order valence-corrected chi connectivity index (χ1v) is 3.51. The molecule has 2 saturated carbocycles. The van der Waals surface area contributed by atoms with Crippen LogP contribution in [0.3, 0.4) is 0 Å². The number of fused-ring (bicyclic) bond motifs is 1. The highest BCUT2D eigenvalue weighted by Gasteiger charge is 2.65. The Labute approximate surface area is 53.2 Å². The van der Waals surface area contributed by atoms with E-state index in [-0.39, 0.29) is 12.3 Å². The van der Waals surface area contributed by atoms with Crippen LogP contribution in [0.2, 0.25) is 0 Å².